The van der Waals surface area contributed by atoms with Gasteiger partial charge in [0.1, 0.15) is 0 Å². The number of sulfonamides is 1. The SMILES string of the molecule is CC[C@@H](C)CS(=O)(=O)N1CCN(C[C@@H]2CCOC2)CC1. The van der Waals surface area contributed by atoms with Crippen LogP contribution in [0, 0.1) is 11.8 Å². The zero-order valence-electron chi connectivity index (χ0n) is 12.8. The van der Waals surface area contributed by atoms with Gasteiger partial charge in [0, 0.05) is 39.3 Å². The van der Waals surface area contributed by atoms with Crippen LogP contribution in [-0.4, -0.2) is 69.3 Å². The summed E-state index contributed by atoms with van der Waals surface area (Å²) in [5.74, 6) is 1.17. The molecule has 20 heavy (non-hydrogen) atoms. The second kappa shape index (κ2) is 7.20. The van der Waals surface area contributed by atoms with Crippen molar-refractivity contribution in [1.29, 1.82) is 0 Å². The molecule has 0 bridgehead atoms. The van der Waals surface area contributed by atoms with E-state index in [0.717, 1.165) is 45.7 Å². The maximum atomic E-state index is 12.3. The van der Waals surface area contributed by atoms with Crippen LogP contribution in [0.4, 0.5) is 0 Å². The average Bonchev–Trinajstić information content (AvgIpc) is 2.91. The Morgan fingerprint density at radius 3 is 2.50 bits per heavy atom. The largest absolute Gasteiger partial charge is 0.381 e. The lowest BCUT2D eigenvalue weighted by Crippen LogP contribution is -2.50. The summed E-state index contributed by atoms with van der Waals surface area (Å²) in [6.45, 7) is 9.86. The van der Waals surface area contributed by atoms with Crippen molar-refractivity contribution >= 4 is 10.0 Å². The fourth-order valence-electron chi connectivity index (χ4n) is 2.87. The van der Waals surface area contributed by atoms with Crippen LogP contribution in [0.3, 0.4) is 0 Å². The van der Waals surface area contributed by atoms with Gasteiger partial charge in [-0.1, -0.05) is 20.3 Å². The number of piperazine rings is 1. The van der Waals surface area contributed by atoms with Gasteiger partial charge in [-0.2, -0.15) is 4.31 Å². The third-order valence-corrected chi connectivity index (χ3v) is 6.60. The zero-order chi connectivity index (χ0) is 14.6. The lowest BCUT2D eigenvalue weighted by atomic mass is 10.1. The predicted octanol–water partition coefficient (Wildman–Crippen LogP) is 1.02. The van der Waals surface area contributed by atoms with Crippen LogP contribution in [0.15, 0.2) is 0 Å². The molecule has 0 unspecified atom stereocenters. The minimum Gasteiger partial charge on any atom is -0.381 e. The molecular formula is C14H28N2O3S. The molecule has 6 heteroatoms. The molecule has 0 amide bonds. The molecule has 2 fully saturated rings. The van der Waals surface area contributed by atoms with Crippen molar-refractivity contribution in [2.45, 2.75) is 26.7 Å². The fourth-order valence-corrected chi connectivity index (χ4v) is 4.75. The summed E-state index contributed by atoms with van der Waals surface area (Å²) in [6, 6.07) is 0. The van der Waals surface area contributed by atoms with Gasteiger partial charge in [0.25, 0.3) is 0 Å². The fraction of sp³-hybridized carbons (Fsp3) is 1.00. The van der Waals surface area contributed by atoms with Gasteiger partial charge in [-0.15, -0.1) is 0 Å². The monoisotopic (exact) mass is 304 g/mol. The Balaban J connectivity index is 1.78. The first kappa shape index (κ1) is 16.2. The standard InChI is InChI=1S/C14H28N2O3S/c1-3-13(2)12-20(17,18)16-7-5-15(6-8-16)10-14-4-9-19-11-14/h13-14H,3-12H2,1-2H3/t13-,14+/m1/s1. The van der Waals surface area contributed by atoms with Crippen LogP contribution in [-0.2, 0) is 14.8 Å². The molecule has 0 aromatic carbocycles. The second-order valence-corrected chi connectivity index (χ2v) is 8.23. The molecule has 0 spiro atoms. The Hall–Kier alpha value is -0.170. The van der Waals surface area contributed by atoms with Crippen molar-refractivity contribution in [1.82, 2.24) is 9.21 Å². The minimum absolute atomic E-state index is 0.244. The Morgan fingerprint density at radius 1 is 1.25 bits per heavy atom. The topological polar surface area (TPSA) is 49.9 Å². The third-order valence-electron chi connectivity index (χ3n) is 4.46. The van der Waals surface area contributed by atoms with Crippen molar-refractivity contribution in [2.24, 2.45) is 11.8 Å². The molecule has 0 radical (unpaired) electrons. The summed E-state index contributed by atoms with van der Waals surface area (Å²) in [6.07, 6.45) is 2.06. The highest BCUT2D eigenvalue weighted by atomic mass is 32.2. The molecule has 0 aliphatic carbocycles. The third kappa shape index (κ3) is 4.41. The van der Waals surface area contributed by atoms with Gasteiger partial charge in [-0.25, -0.2) is 8.42 Å². The first-order valence-corrected chi connectivity index (χ1v) is 9.40. The number of ether oxygens (including phenoxy) is 1. The minimum atomic E-state index is -3.06. The van der Waals surface area contributed by atoms with Gasteiger partial charge in [0.15, 0.2) is 0 Å². The summed E-state index contributed by atoms with van der Waals surface area (Å²) < 4.78 is 31.7. The van der Waals surface area contributed by atoms with E-state index in [0.29, 0.717) is 24.8 Å². The number of hydrogen-bond acceptors (Lipinski definition) is 4. The van der Waals surface area contributed by atoms with E-state index in [1.165, 1.54) is 0 Å². The summed E-state index contributed by atoms with van der Waals surface area (Å²) in [7, 11) is -3.06. The van der Waals surface area contributed by atoms with Gasteiger partial charge in [0.2, 0.25) is 10.0 Å². The van der Waals surface area contributed by atoms with Crippen LogP contribution >= 0.6 is 0 Å². The van der Waals surface area contributed by atoms with Gasteiger partial charge in [-0.3, -0.25) is 0 Å². The molecule has 2 aliphatic rings. The normalized spacial score (nSPS) is 27.8. The van der Waals surface area contributed by atoms with E-state index in [1.54, 1.807) is 4.31 Å². The Kier molecular flexibility index (Phi) is 5.84. The van der Waals surface area contributed by atoms with Crippen LogP contribution in [0.5, 0.6) is 0 Å². The molecule has 2 rings (SSSR count). The summed E-state index contributed by atoms with van der Waals surface area (Å²) in [4.78, 5) is 2.38. The van der Waals surface area contributed by atoms with Crippen LogP contribution < -0.4 is 0 Å². The summed E-state index contributed by atoms with van der Waals surface area (Å²) >= 11 is 0. The number of rotatable bonds is 6. The van der Waals surface area contributed by atoms with Crippen molar-refractivity contribution < 1.29 is 13.2 Å². The van der Waals surface area contributed by atoms with E-state index in [1.807, 2.05) is 13.8 Å². The van der Waals surface area contributed by atoms with Crippen LogP contribution in [0.2, 0.25) is 0 Å². The molecule has 2 heterocycles. The quantitative estimate of drug-likeness (QED) is 0.735. The van der Waals surface area contributed by atoms with Gasteiger partial charge < -0.3 is 9.64 Å². The zero-order valence-corrected chi connectivity index (χ0v) is 13.6. The number of nitrogens with zero attached hydrogens (tertiary/aromatic N) is 2. The molecule has 0 aromatic rings. The van der Waals surface area contributed by atoms with Gasteiger partial charge >= 0.3 is 0 Å². The van der Waals surface area contributed by atoms with Crippen LogP contribution in [0.1, 0.15) is 26.7 Å². The van der Waals surface area contributed by atoms with Crippen LogP contribution in [0.25, 0.3) is 0 Å². The first-order valence-electron chi connectivity index (χ1n) is 7.79. The maximum Gasteiger partial charge on any atom is 0.214 e. The second-order valence-electron chi connectivity index (χ2n) is 6.22. The molecule has 2 aliphatic heterocycles. The highest BCUT2D eigenvalue weighted by Gasteiger charge is 2.29. The van der Waals surface area contributed by atoms with Crippen molar-refractivity contribution in [3.05, 3.63) is 0 Å². The van der Waals surface area contributed by atoms with Crippen molar-refractivity contribution in [3.63, 3.8) is 0 Å². The Bertz CT molecular complexity index is 385. The smallest absolute Gasteiger partial charge is 0.214 e. The van der Waals surface area contributed by atoms with Gasteiger partial charge in [0.05, 0.1) is 12.4 Å². The first-order chi connectivity index (χ1) is 9.51. The predicted molar refractivity (Wildman–Crippen MR) is 80.2 cm³/mol. The lowest BCUT2D eigenvalue weighted by Gasteiger charge is -2.35. The average molecular weight is 304 g/mol. The molecule has 2 atom stereocenters. The van der Waals surface area contributed by atoms with Crippen molar-refractivity contribution in [2.75, 3.05) is 51.7 Å². The maximum absolute atomic E-state index is 12.3. The molecule has 0 saturated carbocycles. The van der Waals surface area contributed by atoms with E-state index in [9.17, 15) is 8.42 Å². The van der Waals surface area contributed by atoms with E-state index in [4.69, 9.17) is 4.74 Å². The Morgan fingerprint density at radius 2 is 1.95 bits per heavy atom. The molecule has 0 aromatic heterocycles. The van der Waals surface area contributed by atoms with E-state index >= 15 is 0 Å². The lowest BCUT2D eigenvalue weighted by molar-refractivity contribution is 0.143. The molecular weight excluding hydrogens is 276 g/mol. The highest BCUT2D eigenvalue weighted by Crippen LogP contribution is 2.17. The molecule has 5 nitrogen and oxygen atoms in total. The summed E-state index contributed by atoms with van der Waals surface area (Å²) in [5.41, 5.74) is 0. The number of hydrogen-bond donors (Lipinski definition) is 0. The van der Waals surface area contributed by atoms with E-state index in [2.05, 4.69) is 4.90 Å². The highest BCUT2D eigenvalue weighted by molar-refractivity contribution is 7.89. The van der Waals surface area contributed by atoms with Crippen molar-refractivity contribution in [3.8, 4) is 0 Å². The molecule has 0 N–H and O–H groups in total. The summed E-state index contributed by atoms with van der Waals surface area (Å²) in [5, 5.41) is 0. The molecule has 2 saturated heterocycles. The van der Waals surface area contributed by atoms with E-state index < -0.39 is 10.0 Å². The Labute approximate surface area is 123 Å². The van der Waals surface area contributed by atoms with Gasteiger partial charge in [-0.05, 0) is 18.3 Å². The van der Waals surface area contributed by atoms with E-state index in [-0.39, 0.29) is 5.92 Å². The molecule has 118 valence electrons.